The lowest BCUT2D eigenvalue weighted by molar-refractivity contribution is 0.0584. The van der Waals surface area contributed by atoms with E-state index in [4.69, 9.17) is 24.2 Å². The molecule has 1 N–H and O–H groups in total. The van der Waals surface area contributed by atoms with E-state index in [-0.39, 0.29) is 5.41 Å². The molecule has 2 aromatic heterocycles. The molecule has 8 heteroatoms. The molecular weight excluding hydrogens is 490 g/mol. The number of aromatic amines is 1. The van der Waals surface area contributed by atoms with E-state index in [2.05, 4.69) is 65.1 Å². The molecule has 0 radical (unpaired) electrons. The summed E-state index contributed by atoms with van der Waals surface area (Å²) >= 11 is 0. The Hall–Kier alpha value is -3.49. The first kappa shape index (κ1) is 25.8. The second kappa shape index (κ2) is 10.6. The zero-order valence-electron chi connectivity index (χ0n) is 23.3. The molecule has 2 aliphatic rings. The van der Waals surface area contributed by atoms with Crippen molar-refractivity contribution >= 4 is 16.9 Å². The molecule has 1 aliphatic carbocycles. The molecule has 0 unspecified atom stereocenters. The van der Waals surface area contributed by atoms with Gasteiger partial charge in [-0.15, -0.1) is 0 Å². The molecule has 0 saturated carbocycles. The molecule has 0 spiro atoms. The summed E-state index contributed by atoms with van der Waals surface area (Å²) in [6.07, 6.45) is 3.05. The number of nitrogens with one attached hydrogen (secondary N) is 1. The van der Waals surface area contributed by atoms with Crippen molar-refractivity contribution < 1.29 is 14.2 Å². The number of methoxy groups -OCH3 is 1. The summed E-state index contributed by atoms with van der Waals surface area (Å²) in [6, 6.07) is 12.9. The monoisotopic (exact) mass is 527 g/mol. The number of aromatic nitrogens is 4. The van der Waals surface area contributed by atoms with Crippen LogP contribution in [0.15, 0.2) is 36.4 Å². The lowest BCUT2D eigenvalue weighted by Gasteiger charge is -2.34. The number of hydrogen-bond donors (Lipinski definition) is 1. The Morgan fingerprint density at radius 1 is 1.05 bits per heavy atom. The van der Waals surface area contributed by atoms with Gasteiger partial charge in [0.1, 0.15) is 30.6 Å². The molecule has 0 atom stereocenters. The molecule has 0 saturated heterocycles. The first-order chi connectivity index (χ1) is 18.9. The van der Waals surface area contributed by atoms with Gasteiger partial charge < -0.3 is 24.1 Å². The lowest BCUT2D eigenvalue weighted by atomic mass is 9.76. The van der Waals surface area contributed by atoms with Gasteiger partial charge >= 0.3 is 0 Å². The largest absolute Gasteiger partial charge is 0.491 e. The van der Waals surface area contributed by atoms with Gasteiger partial charge in [0.05, 0.1) is 30.8 Å². The molecular formula is C31H37N5O3. The van der Waals surface area contributed by atoms with Crippen LogP contribution in [-0.4, -0.2) is 53.4 Å². The summed E-state index contributed by atoms with van der Waals surface area (Å²) in [5.41, 5.74) is 8.16. The summed E-state index contributed by atoms with van der Waals surface area (Å²) in [5.74, 6) is 3.62. The van der Waals surface area contributed by atoms with Crippen LogP contribution in [0.2, 0.25) is 0 Å². The summed E-state index contributed by atoms with van der Waals surface area (Å²) in [6.45, 7) is 10.2. The Labute approximate surface area is 229 Å². The van der Waals surface area contributed by atoms with Crippen molar-refractivity contribution in [2.45, 2.75) is 53.2 Å². The quantitative estimate of drug-likeness (QED) is 0.322. The SMILES string of the molecule is COCCOCc1nc2c(c(N3CCOc4ccc(-c5ccc6nc(C)[nH]c6c5)cc4C3)n1)CC(C)(C)CC2. The highest BCUT2D eigenvalue weighted by atomic mass is 16.5. The topological polar surface area (TPSA) is 85.4 Å². The number of ether oxygens (including phenoxy) is 3. The standard InChI is InChI=1S/C31H37N5O3/c1-20-32-26-7-5-22(16-27(26)33-20)21-6-8-28-23(15-21)18-36(11-12-39-28)30-24-17-31(2,3)10-9-25(24)34-29(35-30)19-38-14-13-37-4/h5-8,15-16H,9-14,17-19H2,1-4H3,(H,32,33). The average molecular weight is 528 g/mol. The predicted octanol–water partition coefficient (Wildman–Crippen LogP) is 5.41. The van der Waals surface area contributed by atoms with Gasteiger partial charge in [0.2, 0.25) is 0 Å². The van der Waals surface area contributed by atoms with E-state index < -0.39 is 0 Å². The molecule has 0 bridgehead atoms. The number of anilines is 1. The minimum atomic E-state index is 0.221. The molecule has 204 valence electrons. The lowest BCUT2D eigenvalue weighted by Crippen LogP contribution is -2.32. The molecule has 3 heterocycles. The first-order valence-corrected chi connectivity index (χ1v) is 13.8. The molecule has 4 aromatic rings. The average Bonchev–Trinajstić information content (AvgIpc) is 3.16. The van der Waals surface area contributed by atoms with Gasteiger partial charge in [-0.3, -0.25) is 0 Å². The van der Waals surface area contributed by atoms with Crippen LogP contribution < -0.4 is 9.64 Å². The number of fused-ring (bicyclic) bond motifs is 3. The molecule has 1 aliphatic heterocycles. The summed E-state index contributed by atoms with van der Waals surface area (Å²) in [4.78, 5) is 20.3. The van der Waals surface area contributed by atoms with E-state index in [1.165, 1.54) is 5.56 Å². The molecule has 8 nitrogen and oxygen atoms in total. The fourth-order valence-corrected chi connectivity index (χ4v) is 5.68. The Kier molecular flexibility index (Phi) is 6.99. The predicted molar refractivity (Wildman–Crippen MR) is 152 cm³/mol. The maximum Gasteiger partial charge on any atom is 0.156 e. The normalized spacial score (nSPS) is 16.5. The van der Waals surface area contributed by atoms with E-state index in [1.54, 1.807) is 7.11 Å². The maximum atomic E-state index is 6.23. The second-order valence-electron chi connectivity index (χ2n) is 11.4. The van der Waals surface area contributed by atoms with Gasteiger partial charge in [0.25, 0.3) is 0 Å². The maximum absolute atomic E-state index is 6.23. The molecule has 6 rings (SSSR count). The number of benzene rings is 2. The van der Waals surface area contributed by atoms with Crippen molar-refractivity contribution in [1.29, 1.82) is 0 Å². The van der Waals surface area contributed by atoms with Crippen molar-refractivity contribution in [3.63, 3.8) is 0 Å². The molecule has 0 fully saturated rings. The number of nitrogens with zero attached hydrogens (tertiary/aromatic N) is 4. The van der Waals surface area contributed by atoms with Gasteiger partial charge in [-0.25, -0.2) is 15.0 Å². The van der Waals surface area contributed by atoms with Crippen LogP contribution in [0.1, 0.15) is 48.7 Å². The van der Waals surface area contributed by atoms with Gasteiger partial charge in [0.15, 0.2) is 5.82 Å². The van der Waals surface area contributed by atoms with Crippen LogP contribution in [0.5, 0.6) is 5.75 Å². The van der Waals surface area contributed by atoms with E-state index in [9.17, 15) is 0 Å². The minimum absolute atomic E-state index is 0.221. The van der Waals surface area contributed by atoms with Gasteiger partial charge in [-0.1, -0.05) is 26.0 Å². The van der Waals surface area contributed by atoms with Gasteiger partial charge in [0, 0.05) is 30.5 Å². The third-order valence-electron chi connectivity index (χ3n) is 7.75. The van der Waals surface area contributed by atoms with Crippen molar-refractivity contribution in [1.82, 2.24) is 19.9 Å². The third kappa shape index (κ3) is 5.49. The second-order valence-corrected chi connectivity index (χ2v) is 11.4. The Bertz CT molecular complexity index is 1500. The van der Waals surface area contributed by atoms with E-state index in [0.29, 0.717) is 26.4 Å². The highest BCUT2D eigenvalue weighted by molar-refractivity contribution is 5.82. The molecule has 39 heavy (non-hydrogen) atoms. The number of aryl methyl sites for hydroxylation is 2. The van der Waals surface area contributed by atoms with E-state index in [0.717, 1.165) is 89.0 Å². The Morgan fingerprint density at radius 3 is 2.77 bits per heavy atom. The number of H-pyrrole nitrogens is 1. The van der Waals surface area contributed by atoms with Crippen molar-refractivity contribution in [3.8, 4) is 16.9 Å². The van der Waals surface area contributed by atoms with E-state index >= 15 is 0 Å². The molecule has 2 aromatic carbocycles. The number of imidazole rings is 1. The number of hydrogen-bond acceptors (Lipinski definition) is 7. The fourth-order valence-electron chi connectivity index (χ4n) is 5.68. The minimum Gasteiger partial charge on any atom is -0.491 e. The van der Waals surface area contributed by atoms with Crippen LogP contribution in [-0.2, 0) is 35.5 Å². The van der Waals surface area contributed by atoms with Crippen molar-refractivity contribution in [3.05, 3.63) is 64.9 Å². The zero-order chi connectivity index (χ0) is 27.0. The smallest absolute Gasteiger partial charge is 0.156 e. The van der Waals surface area contributed by atoms with Crippen LogP contribution in [0, 0.1) is 12.3 Å². The van der Waals surface area contributed by atoms with Crippen molar-refractivity contribution in [2.75, 3.05) is 38.4 Å². The van der Waals surface area contributed by atoms with E-state index in [1.807, 2.05) is 6.92 Å². The first-order valence-electron chi connectivity index (χ1n) is 13.8. The van der Waals surface area contributed by atoms with Crippen LogP contribution in [0.3, 0.4) is 0 Å². The molecule has 0 amide bonds. The van der Waals surface area contributed by atoms with Crippen molar-refractivity contribution in [2.24, 2.45) is 5.41 Å². The van der Waals surface area contributed by atoms with Crippen LogP contribution >= 0.6 is 0 Å². The van der Waals surface area contributed by atoms with Crippen LogP contribution in [0.25, 0.3) is 22.2 Å². The van der Waals surface area contributed by atoms with Crippen LogP contribution in [0.4, 0.5) is 5.82 Å². The zero-order valence-corrected chi connectivity index (χ0v) is 23.3. The highest BCUT2D eigenvalue weighted by Crippen LogP contribution is 2.39. The summed E-state index contributed by atoms with van der Waals surface area (Å²) in [7, 11) is 1.68. The Balaban J connectivity index is 1.34. The Morgan fingerprint density at radius 2 is 1.90 bits per heavy atom. The number of rotatable bonds is 7. The fraction of sp³-hybridized carbons (Fsp3) is 0.452. The summed E-state index contributed by atoms with van der Waals surface area (Å²) in [5, 5.41) is 0. The van der Waals surface area contributed by atoms with Gasteiger partial charge in [-0.2, -0.15) is 0 Å². The van der Waals surface area contributed by atoms with Gasteiger partial charge in [-0.05, 0) is 67.0 Å². The highest BCUT2D eigenvalue weighted by Gasteiger charge is 2.31. The third-order valence-corrected chi connectivity index (χ3v) is 7.75. The summed E-state index contributed by atoms with van der Waals surface area (Å²) < 4.78 is 17.2.